The molecule has 1 atom stereocenters. The summed E-state index contributed by atoms with van der Waals surface area (Å²) < 4.78 is 21.5. The van der Waals surface area contributed by atoms with E-state index in [1.165, 1.54) is 28.5 Å². The van der Waals surface area contributed by atoms with Crippen molar-refractivity contribution < 1.29 is 9.13 Å². The summed E-state index contributed by atoms with van der Waals surface area (Å²) in [5.74, 6) is 0.459. The summed E-state index contributed by atoms with van der Waals surface area (Å²) in [4.78, 5) is 0. The number of ether oxygens (including phenoxy) is 1. The molecule has 4 nitrogen and oxygen atoms in total. The van der Waals surface area contributed by atoms with E-state index in [1.54, 1.807) is 19.2 Å². The van der Waals surface area contributed by atoms with E-state index in [9.17, 15) is 4.39 Å². The van der Waals surface area contributed by atoms with Gasteiger partial charge in [-0.25, -0.2) is 9.07 Å². The minimum atomic E-state index is -0.213. The molecule has 0 unspecified atom stereocenters. The van der Waals surface area contributed by atoms with Gasteiger partial charge < -0.3 is 10.1 Å². The molecule has 0 amide bonds. The highest BCUT2D eigenvalue weighted by Crippen LogP contribution is 2.32. The molecule has 28 heavy (non-hydrogen) atoms. The molecular formula is C23H26FN3O. The van der Waals surface area contributed by atoms with Crippen molar-refractivity contribution in [1.29, 1.82) is 0 Å². The van der Waals surface area contributed by atoms with Crippen molar-refractivity contribution in [3.63, 3.8) is 0 Å². The van der Waals surface area contributed by atoms with Crippen LogP contribution in [0.1, 0.15) is 46.8 Å². The van der Waals surface area contributed by atoms with Crippen LogP contribution in [0.3, 0.4) is 0 Å². The van der Waals surface area contributed by atoms with Crippen molar-refractivity contribution in [3.8, 4) is 11.4 Å². The maximum Gasteiger partial charge on any atom is 0.127 e. The van der Waals surface area contributed by atoms with Crippen LogP contribution in [0.25, 0.3) is 5.69 Å². The molecule has 0 saturated carbocycles. The largest absolute Gasteiger partial charge is 0.497 e. The van der Waals surface area contributed by atoms with Crippen LogP contribution in [-0.4, -0.2) is 16.9 Å². The molecule has 0 saturated heterocycles. The molecule has 0 spiro atoms. The van der Waals surface area contributed by atoms with Crippen LogP contribution >= 0.6 is 0 Å². The maximum absolute atomic E-state index is 14.2. The molecule has 4 rings (SSSR count). The fraction of sp³-hybridized carbons (Fsp3) is 0.348. The Bertz CT molecular complexity index is 996. The number of methoxy groups -OCH3 is 1. The molecule has 0 radical (unpaired) electrons. The molecule has 0 bridgehead atoms. The Morgan fingerprint density at radius 1 is 1.25 bits per heavy atom. The lowest BCUT2D eigenvalue weighted by atomic mass is 9.92. The van der Waals surface area contributed by atoms with Gasteiger partial charge in [-0.05, 0) is 68.5 Å². The van der Waals surface area contributed by atoms with Crippen LogP contribution in [0, 0.1) is 19.7 Å². The maximum atomic E-state index is 14.2. The summed E-state index contributed by atoms with van der Waals surface area (Å²) in [6.07, 6.45) is 5.09. The number of halogens is 1. The van der Waals surface area contributed by atoms with E-state index in [4.69, 9.17) is 9.84 Å². The van der Waals surface area contributed by atoms with Gasteiger partial charge in [0.05, 0.1) is 19.0 Å². The third-order valence-corrected chi connectivity index (χ3v) is 5.78. The number of aryl methyl sites for hydroxylation is 1. The molecule has 1 aliphatic carbocycles. The minimum Gasteiger partial charge on any atom is -0.497 e. The first-order valence-corrected chi connectivity index (χ1v) is 9.77. The van der Waals surface area contributed by atoms with Crippen LogP contribution < -0.4 is 10.1 Å². The van der Waals surface area contributed by atoms with Crippen LogP contribution in [0.15, 0.2) is 42.6 Å². The SMILES string of the molecule is COc1ccc(F)c(CN[C@@H]2CCCc3c2cnn3-c2cccc(C)c2C)c1. The molecule has 1 aromatic heterocycles. The number of hydrogen-bond donors (Lipinski definition) is 1. The zero-order valence-corrected chi connectivity index (χ0v) is 16.6. The fourth-order valence-electron chi connectivity index (χ4n) is 3.99. The molecule has 146 valence electrons. The molecule has 1 aliphatic rings. The van der Waals surface area contributed by atoms with Crippen molar-refractivity contribution in [2.24, 2.45) is 0 Å². The van der Waals surface area contributed by atoms with Gasteiger partial charge >= 0.3 is 0 Å². The van der Waals surface area contributed by atoms with Crippen molar-refractivity contribution in [2.75, 3.05) is 7.11 Å². The third-order valence-electron chi connectivity index (χ3n) is 5.78. The van der Waals surface area contributed by atoms with Gasteiger partial charge in [-0.1, -0.05) is 12.1 Å². The van der Waals surface area contributed by atoms with Gasteiger partial charge in [0.1, 0.15) is 11.6 Å². The lowest BCUT2D eigenvalue weighted by Crippen LogP contribution is -2.25. The Balaban J connectivity index is 1.59. The monoisotopic (exact) mass is 379 g/mol. The van der Waals surface area contributed by atoms with Gasteiger partial charge in [0.15, 0.2) is 0 Å². The van der Waals surface area contributed by atoms with Gasteiger partial charge in [-0.15, -0.1) is 0 Å². The summed E-state index contributed by atoms with van der Waals surface area (Å²) in [6, 6.07) is 11.4. The quantitative estimate of drug-likeness (QED) is 0.692. The molecule has 3 aromatic rings. The molecule has 1 N–H and O–H groups in total. The summed E-state index contributed by atoms with van der Waals surface area (Å²) in [5, 5.41) is 8.23. The number of aromatic nitrogens is 2. The smallest absolute Gasteiger partial charge is 0.127 e. The summed E-state index contributed by atoms with van der Waals surface area (Å²) in [5.41, 5.74) is 6.75. The van der Waals surface area contributed by atoms with E-state index >= 15 is 0 Å². The highest BCUT2D eigenvalue weighted by Gasteiger charge is 2.25. The Morgan fingerprint density at radius 2 is 2.11 bits per heavy atom. The lowest BCUT2D eigenvalue weighted by Gasteiger charge is -2.25. The molecule has 1 heterocycles. The van der Waals surface area contributed by atoms with Crippen LogP contribution in [-0.2, 0) is 13.0 Å². The van der Waals surface area contributed by atoms with Crippen molar-refractivity contribution in [3.05, 3.63) is 76.4 Å². The first-order valence-electron chi connectivity index (χ1n) is 9.77. The zero-order chi connectivity index (χ0) is 19.7. The number of hydrogen-bond acceptors (Lipinski definition) is 3. The number of nitrogens with one attached hydrogen (secondary N) is 1. The normalized spacial score (nSPS) is 16.1. The predicted octanol–water partition coefficient (Wildman–Crippen LogP) is 4.80. The third kappa shape index (κ3) is 3.42. The Kier molecular flexibility index (Phi) is 5.18. The van der Waals surface area contributed by atoms with Gasteiger partial charge in [0.25, 0.3) is 0 Å². The number of nitrogens with zero attached hydrogens (tertiary/aromatic N) is 2. The second-order valence-corrected chi connectivity index (χ2v) is 7.46. The zero-order valence-electron chi connectivity index (χ0n) is 16.6. The van der Waals surface area contributed by atoms with Gasteiger partial charge in [-0.2, -0.15) is 5.10 Å². The second-order valence-electron chi connectivity index (χ2n) is 7.46. The summed E-state index contributed by atoms with van der Waals surface area (Å²) in [7, 11) is 1.60. The minimum absolute atomic E-state index is 0.174. The van der Waals surface area contributed by atoms with E-state index in [-0.39, 0.29) is 11.9 Å². The fourth-order valence-corrected chi connectivity index (χ4v) is 3.99. The number of fused-ring (bicyclic) bond motifs is 1. The molecule has 5 heteroatoms. The van der Waals surface area contributed by atoms with Gasteiger partial charge in [0.2, 0.25) is 0 Å². The molecular weight excluding hydrogens is 353 g/mol. The first kappa shape index (κ1) is 18.7. The molecule has 0 fully saturated rings. The van der Waals surface area contributed by atoms with Crippen molar-refractivity contribution in [2.45, 2.75) is 45.7 Å². The number of rotatable bonds is 5. The van der Waals surface area contributed by atoms with Crippen LogP contribution in [0.2, 0.25) is 0 Å². The van der Waals surface area contributed by atoms with Gasteiger partial charge in [0, 0.05) is 29.4 Å². The Labute approximate surface area is 165 Å². The highest BCUT2D eigenvalue weighted by molar-refractivity contribution is 5.46. The van der Waals surface area contributed by atoms with Gasteiger partial charge in [-0.3, -0.25) is 0 Å². The first-order chi connectivity index (χ1) is 13.6. The van der Waals surface area contributed by atoms with E-state index in [0.29, 0.717) is 17.9 Å². The predicted molar refractivity (Wildman–Crippen MR) is 109 cm³/mol. The summed E-state index contributed by atoms with van der Waals surface area (Å²) in [6.45, 7) is 4.73. The lowest BCUT2D eigenvalue weighted by molar-refractivity contribution is 0.410. The van der Waals surface area contributed by atoms with E-state index in [1.807, 2.05) is 6.20 Å². The Hall–Kier alpha value is -2.66. The van der Waals surface area contributed by atoms with Crippen molar-refractivity contribution >= 4 is 0 Å². The summed E-state index contributed by atoms with van der Waals surface area (Å²) >= 11 is 0. The van der Waals surface area contributed by atoms with Crippen molar-refractivity contribution in [1.82, 2.24) is 15.1 Å². The van der Waals surface area contributed by atoms with Crippen LogP contribution in [0.5, 0.6) is 5.75 Å². The highest BCUT2D eigenvalue weighted by atomic mass is 19.1. The van der Waals surface area contributed by atoms with E-state index in [2.05, 4.69) is 42.0 Å². The Morgan fingerprint density at radius 3 is 2.93 bits per heavy atom. The van der Waals surface area contributed by atoms with E-state index < -0.39 is 0 Å². The average molecular weight is 379 g/mol. The molecule has 2 aromatic carbocycles. The number of benzene rings is 2. The standard InChI is InChI=1S/C23H26FN3O/c1-15-6-4-8-22(16(15)2)27-23-9-5-7-21(19(23)14-26-27)25-13-17-12-18(28-3)10-11-20(17)24/h4,6,8,10-12,14,21,25H,5,7,9,13H2,1-3H3/t21-/m1/s1. The topological polar surface area (TPSA) is 39.1 Å². The molecule has 0 aliphatic heterocycles. The second kappa shape index (κ2) is 7.76. The van der Waals surface area contributed by atoms with Crippen LogP contribution in [0.4, 0.5) is 4.39 Å². The average Bonchev–Trinajstić information content (AvgIpc) is 3.14. The van der Waals surface area contributed by atoms with E-state index in [0.717, 1.165) is 24.9 Å².